The van der Waals surface area contributed by atoms with E-state index in [1.54, 1.807) is 0 Å². The van der Waals surface area contributed by atoms with Gasteiger partial charge in [-0.15, -0.1) is 0 Å². The maximum Gasteiger partial charge on any atom is -0.0169 e. The van der Waals surface area contributed by atoms with E-state index in [1.165, 1.54) is 77.0 Å². The minimum atomic E-state index is 1.08. The Labute approximate surface area is 128 Å². The van der Waals surface area contributed by atoms with Crippen molar-refractivity contribution in [1.29, 1.82) is 0 Å². The molecule has 0 N–H and O–H groups in total. The number of hydrogen-bond donors (Lipinski definition) is 0. The van der Waals surface area contributed by atoms with Gasteiger partial charge in [0.1, 0.15) is 0 Å². The van der Waals surface area contributed by atoms with Gasteiger partial charge < -0.3 is 0 Å². The van der Waals surface area contributed by atoms with Crippen molar-refractivity contribution in [3.63, 3.8) is 0 Å². The topological polar surface area (TPSA) is 0 Å². The van der Waals surface area contributed by atoms with Gasteiger partial charge in [-0.3, -0.25) is 0 Å². The summed E-state index contributed by atoms with van der Waals surface area (Å²) in [5.41, 5.74) is 0. The van der Waals surface area contributed by atoms with Crippen molar-refractivity contribution in [2.45, 2.75) is 96.8 Å². The van der Waals surface area contributed by atoms with Crippen LogP contribution in [-0.2, 0) is 0 Å². The van der Waals surface area contributed by atoms with Gasteiger partial charge in [-0.2, -0.15) is 0 Å². The highest BCUT2D eigenvalue weighted by Gasteiger charge is 1.90. The molecule has 0 bridgehead atoms. The van der Waals surface area contributed by atoms with Gasteiger partial charge in [0.05, 0.1) is 0 Å². The van der Waals surface area contributed by atoms with Gasteiger partial charge >= 0.3 is 0 Å². The lowest BCUT2D eigenvalue weighted by molar-refractivity contribution is 0.577. The van der Waals surface area contributed by atoms with Gasteiger partial charge in [-0.25, -0.2) is 0 Å². The summed E-state index contributed by atoms with van der Waals surface area (Å²) in [6, 6.07) is 0. The van der Waals surface area contributed by atoms with Crippen LogP contribution in [0.25, 0.3) is 0 Å². The van der Waals surface area contributed by atoms with Gasteiger partial charge in [0.2, 0.25) is 0 Å². The van der Waals surface area contributed by atoms with E-state index in [2.05, 4.69) is 38.2 Å². The van der Waals surface area contributed by atoms with Crippen LogP contribution in [0.3, 0.4) is 0 Å². The molecule has 0 heterocycles. The molecule has 0 heteroatoms. The van der Waals surface area contributed by atoms with Gasteiger partial charge in [0.25, 0.3) is 0 Å². The first-order valence-electron chi connectivity index (χ1n) is 9.01. The first kappa shape index (κ1) is 19.5. The first-order chi connectivity index (χ1) is 9.91. The molecule has 0 rings (SSSR count). The lowest BCUT2D eigenvalue weighted by Crippen LogP contribution is -1.79. The van der Waals surface area contributed by atoms with Crippen LogP contribution in [0.5, 0.6) is 0 Å². The van der Waals surface area contributed by atoms with Crippen molar-refractivity contribution < 1.29 is 0 Å². The molecule has 0 atom stereocenters. The van der Waals surface area contributed by atoms with E-state index in [9.17, 15) is 0 Å². The monoisotopic (exact) mass is 277 g/mol. The Kier molecular flexibility index (Phi) is 18.0. The van der Waals surface area contributed by atoms with Crippen molar-refractivity contribution in [3.8, 4) is 0 Å². The van der Waals surface area contributed by atoms with E-state index in [-0.39, 0.29) is 0 Å². The number of hydrogen-bond acceptors (Lipinski definition) is 0. The summed E-state index contributed by atoms with van der Waals surface area (Å²) in [5.74, 6) is 0. The number of unbranched alkanes of at least 4 members (excludes halogenated alkanes) is 11. The molecule has 0 aromatic carbocycles. The van der Waals surface area contributed by atoms with Gasteiger partial charge in [0, 0.05) is 0 Å². The van der Waals surface area contributed by atoms with Crippen LogP contribution in [0, 0.1) is 6.92 Å². The summed E-state index contributed by atoms with van der Waals surface area (Å²) in [7, 11) is 0. The predicted molar refractivity (Wildman–Crippen MR) is 93.9 cm³/mol. The van der Waals surface area contributed by atoms with Crippen LogP contribution in [0.1, 0.15) is 96.8 Å². The van der Waals surface area contributed by atoms with E-state index in [0.29, 0.717) is 0 Å². The molecule has 0 saturated heterocycles. The maximum absolute atomic E-state index is 3.86. The Hall–Kier alpha value is -0.520. The van der Waals surface area contributed by atoms with Crippen LogP contribution < -0.4 is 0 Å². The van der Waals surface area contributed by atoms with Gasteiger partial charge in [-0.1, -0.05) is 95.9 Å². The van der Waals surface area contributed by atoms with E-state index in [1.807, 2.05) is 0 Å². The molecule has 1 radical (unpaired) electrons. The molecule has 0 spiro atoms. The zero-order chi connectivity index (χ0) is 14.7. The van der Waals surface area contributed by atoms with Crippen molar-refractivity contribution in [1.82, 2.24) is 0 Å². The fourth-order valence-electron chi connectivity index (χ4n) is 2.34. The normalized spacial score (nSPS) is 11.9. The predicted octanol–water partition coefficient (Wildman–Crippen LogP) is 7.41. The molecular weight excluding hydrogens is 240 g/mol. The molecule has 0 aromatic heterocycles. The lowest BCUT2D eigenvalue weighted by atomic mass is 10.1. The summed E-state index contributed by atoms with van der Waals surface area (Å²) >= 11 is 0. The summed E-state index contributed by atoms with van der Waals surface area (Å²) in [6.07, 6.45) is 27.9. The zero-order valence-corrected chi connectivity index (χ0v) is 13.9. The van der Waals surface area contributed by atoms with Crippen LogP contribution in [0.2, 0.25) is 0 Å². The molecule has 117 valence electrons. The summed E-state index contributed by atoms with van der Waals surface area (Å²) in [5, 5.41) is 0. The van der Waals surface area contributed by atoms with Crippen molar-refractivity contribution in [3.05, 3.63) is 31.2 Å². The smallest absolute Gasteiger partial charge is 0.0169 e. The molecular formula is C20H37. The van der Waals surface area contributed by atoms with Crippen molar-refractivity contribution in [2.75, 3.05) is 0 Å². The summed E-state index contributed by atoms with van der Waals surface area (Å²) in [6.45, 7) is 6.14. The second-order valence-electron chi connectivity index (χ2n) is 5.79. The third kappa shape index (κ3) is 17.5. The molecule has 0 fully saturated rings. The SMILES string of the molecule is [CH2]CCCCC=CCC=CCCCCCCCCCC. The molecule has 0 amide bonds. The number of rotatable bonds is 15. The van der Waals surface area contributed by atoms with Crippen LogP contribution in [0.4, 0.5) is 0 Å². The minimum absolute atomic E-state index is 1.08. The standard InChI is InChI=1S/C20H37/c1-3-5-7-9-11-13-15-17-19-20-18-16-14-12-10-8-6-4-2/h11,13,17,19H,1,3-10,12,14-16,18,20H2,2H3. The quantitative estimate of drug-likeness (QED) is 0.216. The third-order valence-corrected chi connectivity index (χ3v) is 3.70. The molecule has 0 aliphatic rings. The molecule has 0 saturated carbocycles. The van der Waals surface area contributed by atoms with E-state index in [0.717, 1.165) is 12.8 Å². The second kappa shape index (κ2) is 18.5. The largest absolute Gasteiger partial charge is 0.0882 e. The Bertz CT molecular complexity index is 212. The minimum Gasteiger partial charge on any atom is -0.0882 e. The lowest BCUT2D eigenvalue weighted by Gasteiger charge is -1.99. The second-order valence-corrected chi connectivity index (χ2v) is 5.79. The molecule has 20 heavy (non-hydrogen) atoms. The maximum atomic E-state index is 3.86. The highest BCUT2D eigenvalue weighted by molar-refractivity contribution is 4.92. The molecule has 0 aromatic rings. The first-order valence-corrected chi connectivity index (χ1v) is 9.01. The average molecular weight is 278 g/mol. The van der Waals surface area contributed by atoms with E-state index in [4.69, 9.17) is 0 Å². The highest BCUT2D eigenvalue weighted by atomic mass is 14.0. The van der Waals surface area contributed by atoms with E-state index >= 15 is 0 Å². The Morgan fingerprint density at radius 2 is 1.10 bits per heavy atom. The van der Waals surface area contributed by atoms with E-state index < -0.39 is 0 Å². The molecule has 0 aliphatic heterocycles. The summed E-state index contributed by atoms with van der Waals surface area (Å²) < 4.78 is 0. The average Bonchev–Trinajstić information content (AvgIpc) is 2.47. The molecule has 0 nitrogen and oxygen atoms in total. The fourth-order valence-corrected chi connectivity index (χ4v) is 2.34. The highest BCUT2D eigenvalue weighted by Crippen LogP contribution is 2.09. The summed E-state index contributed by atoms with van der Waals surface area (Å²) in [4.78, 5) is 0. The number of allylic oxidation sites excluding steroid dienone is 4. The van der Waals surface area contributed by atoms with Crippen molar-refractivity contribution >= 4 is 0 Å². The fraction of sp³-hybridized carbons (Fsp3) is 0.750. The third-order valence-electron chi connectivity index (χ3n) is 3.70. The molecule has 0 unspecified atom stereocenters. The van der Waals surface area contributed by atoms with Gasteiger partial charge in [-0.05, 0) is 32.1 Å². The van der Waals surface area contributed by atoms with Gasteiger partial charge in [0.15, 0.2) is 0 Å². The van der Waals surface area contributed by atoms with Crippen LogP contribution >= 0.6 is 0 Å². The Morgan fingerprint density at radius 3 is 1.65 bits per heavy atom. The zero-order valence-electron chi connectivity index (χ0n) is 13.9. The van der Waals surface area contributed by atoms with Crippen molar-refractivity contribution in [2.24, 2.45) is 0 Å². The Balaban J connectivity index is 3.12. The Morgan fingerprint density at radius 1 is 0.600 bits per heavy atom. The molecule has 0 aliphatic carbocycles. The van der Waals surface area contributed by atoms with Crippen LogP contribution in [-0.4, -0.2) is 0 Å². The van der Waals surface area contributed by atoms with Crippen LogP contribution in [0.15, 0.2) is 24.3 Å².